The van der Waals surface area contributed by atoms with Crippen molar-refractivity contribution in [2.45, 2.75) is 38.2 Å². The number of sulfonamides is 1. The number of benzene rings is 1. The third-order valence-corrected chi connectivity index (χ3v) is 3.91. The van der Waals surface area contributed by atoms with Crippen LogP contribution >= 0.6 is 0 Å². The maximum absolute atomic E-state index is 12.1. The van der Waals surface area contributed by atoms with Gasteiger partial charge in [-0.1, -0.05) is 0 Å². The van der Waals surface area contributed by atoms with Crippen molar-refractivity contribution in [3.05, 3.63) is 23.8 Å². The Balaban J connectivity index is 2.52. The average Bonchev–Trinajstić information content (AvgIpc) is 2.31. The number of aryl methyl sites for hydroxylation is 1. The predicted molar refractivity (Wildman–Crippen MR) is 85.0 cm³/mol. The van der Waals surface area contributed by atoms with Crippen LogP contribution in [0.25, 0.3) is 0 Å². The Morgan fingerprint density at radius 2 is 1.86 bits per heavy atom. The molecule has 0 atom stereocenters. The highest BCUT2D eigenvalue weighted by Gasteiger charge is 2.17. The van der Waals surface area contributed by atoms with Crippen LogP contribution in [0.2, 0.25) is 0 Å². The summed E-state index contributed by atoms with van der Waals surface area (Å²) in [5.74, 6) is 0. The third kappa shape index (κ3) is 6.31. The van der Waals surface area contributed by atoms with E-state index in [0.717, 1.165) is 5.56 Å². The molecule has 0 unspecified atom stereocenters. The molecule has 0 aliphatic carbocycles. The molecule has 22 heavy (non-hydrogen) atoms. The highest BCUT2D eigenvalue weighted by Crippen LogP contribution is 2.15. The third-order valence-electron chi connectivity index (χ3n) is 2.47. The number of hydrogen-bond acceptors (Lipinski definition) is 5. The van der Waals surface area contributed by atoms with Crippen LogP contribution in [0.1, 0.15) is 26.3 Å². The SMILES string of the molecule is Cc1cc(N)cc(S(=O)(=O)NCCNC(=O)OC(C)(C)C)c1. The molecule has 0 radical (unpaired) electrons. The van der Waals surface area contributed by atoms with E-state index in [1.54, 1.807) is 33.8 Å². The summed E-state index contributed by atoms with van der Waals surface area (Å²) in [4.78, 5) is 11.5. The van der Waals surface area contributed by atoms with Crippen molar-refractivity contribution in [3.8, 4) is 0 Å². The smallest absolute Gasteiger partial charge is 0.407 e. The van der Waals surface area contributed by atoms with E-state index in [9.17, 15) is 13.2 Å². The van der Waals surface area contributed by atoms with Gasteiger partial charge in [0.25, 0.3) is 0 Å². The molecule has 1 aromatic carbocycles. The molecule has 124 valence electrons. The van der Waals surface area contributed by atoms with E-state index >= 15 is 0 Å². The Labute approximate surface area is 131 Å². The Kier molecular flexibility index (Phi) is 5.78. The normalized spacial score (nSPS) is 12.0. The van der Waals surface area contributed by atoms with Crippen molar-refractivity contribution in [1.29, 1.82) is 0 Å². The van der Waals surface area contributed by atoms with Crippen LogP contribution in [-0.2, 0) is 14.8 Å². The Hall–Kier alpha value is -1.80. The van der Waals surface area contributed by atoms with Crippen LogP contribution in [0.3, 0.4) is 0 Å². The number of anilines is 1. The van der Waals surface area contributed by atoms with Gasteiger partial charge >= 0.3 is 6.09 Å². The molecule has 8 heteroatoms. The number of hydrogen-bond donors (Lipinski definition) is 3. The topological polar surface area (TPSA) is 111 Å². The van der Waals surface area contributed by atoms with Gasteiger partial charge in [0.15, 0.2) is 0 Å². The summed E-state index contributed by atoms with van der Waals surface area (Å²) in [5.41, 5.74) is 6.19. The molecule has 4 N–H and O–H groups in total. The zero-order valence-corrected chi connectivity index (χ0v) is 14.1. The summed E-state index contributed by atoms with van der Waals surface area (Å²) in [7, 11) is -3.66. The molecule has 0 saturated carbocycles. The van der Waals surface area contributed by atoms with E-state index in [2.05, 4.69) is 10.0 Å². The molecule has 0 bridgehead atoms. The second-order valence-electron chi connectivity index (χ2n) is 5.91. The molecule has 1 rings (SSSR count). The molecule has 0 fully saturated rings. The van der Waals surface area contributed by atoms with Crippen molar-refractivity contribution >= 4 is 21.8 Å². The van der Waals surface area contributed by atoms with Gasteiger partial charge in [0.1, 0.15) is 5.60 Å². The van der Waals surface area contributed by atoms with Gasteiger partial charge in [0.05, 0.1) is 4.90 Å². The van der Waals surface area contributed by atoms with E-state index in [1.807, 2.05) is 0 Å². The standard InChI is InChI=1S/C14H23N3O4S/c1-10-7-11(15)9-12(8-10)22(19,20)17-6-5-16-13(18)21-14(2,3)4/h7-9,17H,5-6,15H2,1-4H3,(H,16,18). The number of amides is 1. The number of nitrogens with two attached hydrogens (primary N) is 1. The Bertz CT molecular complexity index is 616. The number of rotatable bonds is 5. The van der Waals surface area contributed by atoms with E-state index in [0.29, 0.717) is 5.69 Å². The molecule has 0 heterocycles. The summed E-state index contributed by atoms with van der Waals surface area (Å²) in [6.45, 7) is 7.18. The first-order chi connectivity index (χ1) is 9.99. The second kappa shape index (κ2) is 6.97. The fourth-order valence-electron chi connectivity index (χ4n) is 1.68. The van der Waals surface area contributed by atoms with Crippen molar-refractivity contribution in [2.75, 3.05) is 18.8 Å². The molecule has 1 aromatic rings. The van der Waals surface area contributed by atoms with Gasteiger partial charge in [-0.25, -0.2) is 17.9 Å². The molecule has 1 amide bonds. The van der Waals surface area contributed by atoms with Crippen LogP contribution in [0.15, 0.2) is 23.1 Å². The minimum absolute atomic E-state index is 0.0510. The van der Waals surface area contributed by atoms with Crippen molar-refractivity contribution in [3.63, 3.8) is 0 Å². The van der Waals surface area contributed by atoms with Crippen molar-refractivity contribution < 1.29 is 17.9 Å². The lowest BCUT2D eigenvalue weighted by Gasteiger charge is -2.19. The number of nitrogen functional groups attached to an aromatic ring is 1. The lowest BCUT2D eigenvalue weighted by Crippen LogP contribution is -2.37. The Morgan fingerprint density at radius 1 is 1.23 bits per heavy atom. The first-order valence-electron chi connectivity index (χ1n) is 6.83. The molecule has 0 aliphatic rings. The van der Waals surface area contributed by atoms with Gasteiger partial charge in [-0.3, -0.25) is 0 Å². The highest BCUT2D eigenvalue weighted by atomic mass is 32.2. The van der Waals surface area contributed by atoms with E-state index in [4.69, 9.17) is 10.5 Å². The minimum atomic E-state index is -3.66. The first-order valence-corrected chi connectivity index (χ1v) is 8.31. The summed E-state index contributed by atoms with van der Waals surface area (Å²) < 4.78 is 31.6. The number of carbonyl (C=O) groups is 1. The number of carbonyl (C=O) groups excluding carboxylic acids is 1. The van der Waals surface area contributed by atoms with Gasteiger partial charge < -0.3 is 15.8 Å². The van der Waals surface area contributed by atoms with Crippen LogP contribution in [-0.4, -0.2) is 33.2 Å². The molecular formula is C14H23N3O4S. The van der Waals surface area contributed by atoms with E-state index in [-0.39, 0.29) is 18.0 Å². The van der Waals surface area contributed by atoms with Gasteiger partial charge in [-0.05, 0) is 51.5 Å². The van der Waals surface area contributed by atoms with Crippen molar-refractivity contribution in [1.82, 2.24) is 10.0 Å². The minimum Gasteiger partial charge on any atom is -0.444 e. The van der Waals surface area contributed by atoms with Crippen LogP contribution < -0.4 is 15.8 Å². The molecule has 7 nitrogen and oxygen atoms in total. The zero-order chi connectivity index (χ0) is 17.0. The number of nitrogens with one attached hydrogen (secondary N) is 2. The molecule has 0 spiro atoms. The summed E-state index contributed by atoms with van der Waals surface area (Å²) in [6.07, 6.45) is -0.591. The monoisotopic (exact) mass is 329 g/mol. The molecule has 0 saturated heterocycles. The van der Waals surface area contributed by atoms with Crippen molar-refractivity contribution in [2.24, 2.45) is 0 Å². The van der Waals surface area contributed by atoms with E-state index < -0.39 is 21.7 Å². The van der Waals surface area contributed by atoms with Gasteiger partial charge in [0.2, 0.25) is 10.0 Å². The predicted octanol–water partition coefficient (Wildman–Crippen LogP) is 1.38. The summed E-state index contributed by atoms with van der Waals surface area (Å²) in [6, 6.07) is 4.60. The average molecular weight is 329 g/mol. The van der Waals surface area contributed by atoms with E-state index in [1.165, 1.54) is 12.1 Å². The zero-order valence-electron chi connectivity index (χ0n) is 13.3. The van der Waals surface area contributed by atoms with Gasteiger partial charge in [-0.2, -0.15) is 0 Å². The summed E-state index contributed by atoms with van der Waals surface area (Å²) in [5, 5.41) is 2.47. The fourth-order valence-corrected chi connectivity index (χ4v) is 2.85. The van der Waals surface area contributed by atoms with Gasteiger partial charge in [-0.15, -0.1) is 0 Å². The molecule has 0 aliphatic heterocycles. The van der Waals surface area contributed by atoms with Gasteiger partial charge in [0, 0.05) is 18.8 Å². The lowest BCUT2D eigenvalue weighted by atomic mass is 10.2. The molecular weight excluding hydrogens is 306 g/mol. The lowest BCUT2D eigenvalue weighted by molar-refractivity contribution is 0.0529. The van der Waals surface area contributed by atoms with Crippen LogP contribution in [0, 0.1) is 6.92 Å². The summed E-state index contributed by atoms with van der Waals surface area (Å²) >= 11 is 0. The Morgan fingerprint density at radius 3 is 2.41 bits per heavy atom. The van der Waals surface area contributed by atoms with Crippen LogP contribution in [0.4, 0.5) is 10.5 Å². The number of ether oxygens (including phenoxy) is 1. The highest BCUT2D eigenvalue weighted by molar-refractivity contribution is 7.89. The maximum Gasteiger partial charge on any atom is 0.407 e. The van der Waals surface area contributed by atoms with Crippen LogP contribution in [0.5, 0.6) is 0 Å². The largest absolute Gasteiger partial charge is 0.444 e. The molecule has 0 aromatic heterocycles. The maximum atomic E-state index is 12.1. The quantitative estimate of drug-likeness (QED) is 0.558. The number of alkyl carbamates (subject to hydrolysis) is 1. The second-order valence-corrected chi connectivity index (χ2v) is 7.67. The first kappa shape index (κ1) is 18.2. The fraction of sp³-hybridized carbons (Fsp3) is 0.500.